The van der Waals surface area contributed by atoms with Crippen LogP contribution in [0.2, 0.25) is 0 Å². The van der Waals surface area contributed by atoms with Crippen molar-refractivity contribution in [1.29, 1.82) is 0 Å². The summed E-state index contributed by atoms with van der Waals surface area (Å²) in [7, 11) is 0. The van der Waals surface area contributed by atoms with E-state index >= 15 is 0 Å². The quantitative estimate of drug-likeness (QED) is 0.880. The minimum Gasteiger partial charge on any atom is -0.507 e. The van der Waals surface area contributed by atoms with E-state index in [0.717, 1.165) is 51.2 Å². The van der Waals surface area contributed by atoms with Crippen LogP contribution in [-0.4, -0.2) is 36.2 Å². The van der Waals surface area contributed by atoms with Gasteiger partial charge in [0.2, 0.25) is 0 Å². The van der Waals surface area contributed by atoms with Crippen molar-refractivity contribution >= 4 is 0 Å². The van der Waals surface area contributed by atoms with E-state index < -0.39 is 11.6 Å². The van der Waals surface area contributed by atoms with Crippen LogP contribution in [0.15, 0.2) is 12.1 Å². The predicted molar refractivity (Wildman–Crippen MR) is 67.9 cm³/mol. The van der Waals surface area contributed by atoms with Crippen LogP contribution in [0, 0.1) is 17.6 Å². The summed E-state index contributed by atoms with van der Waals surface area (Å²) in [5.41, 5.74) is 0.269. The van der Waals surface area contributed by atoms with E-state index in [-0.39, 0.29) is 17.4 Å². The van der Waals surface area contributed by atoms with Crippen molar-refractivity contribution in [2.45, 2.75) is 18.9 Å². The van der Waals surface area contributed by atoms with Crippen LogP contribution in [0.5, 0.6) is 5.75 Å². The van der Waals surface area contributed by atoms with Crippen LogP contribution in [0.4, 0.5) is 8.78 Å². The Labute approximate surface area is 111 Å². The Kier molecular flexibility index (Phi) is 3.41. The van der Waals surface area contributed by atoms with Crippen LogP contribution in [0.3, 0.4) is 0 Å². The number of phenols is 1. The molecule has 1 saturated heterocycles. The average molecular weight is 268 g/mol. The number of rotatable bonds is 3. The molecule has 0 unspecified atom stereocenters. The molecule has 1 aliphatic carbocycles. The maximum absolute atomic E-state index is 14.1. The van der Waals surface area contributed by atoms with Gasteiger partial charge in [-0.15, -0.1) is 0 Å². The Morgan fingerprint density at radius 3 is 2.47 bits per heavy atom. The molecule has 1 aromatic carbocycles. The molecule has 0 spiro atoms. The number of hydrogen-bond donors (Lipinski definition) is 2. The third-order valence-electron chi connectivity index (χ3n) is 3.98. The predicted octanol–water partition coefficient (Wildman–Crippen LogP) is 2.03. The fourth-order valence-electron chi connectivity index (χ4n) is 2.95. The van der Waals surface area contributed by atoms with E-state index in [1.165, 1.54) is 0 Å². The first-order chi connectivity index (χ1) is 9.16. The molecular formula is C14H18F2N2O. The molecule has 1 saturated carbocycles. The second kappa shape index (κ2) is 5.06. The van der Waals surface area contributed by atoms with Gasteiger partial charge >= 0.3 is 0 Å². The summed E-state index contributed by atoms with van der Waals surface area (Å²) in [6, 6.07) is 1.76. The van der Waals surface area contributed by atoms with Crippen LogP contribution >= 0.6 is 0 Å². The lowest BCUT2D eigenvalue weighted by atomic mass is 9.98. The highest BCUT2D eigenvalue weighted by Gasteiger charge is 2.39. The highest BCUT2D eigenvalue weighted by atomic mass is 19.1. The van der Waals surface area contributed by atoms with Gasteiger partial charge in [0, 0.05) is 49.9 Å². The van der Waals surface area contributed by atoms with Crippen molar-refractivity contribution in [2.75, 3.05) is 26.2 Å². The van der Waals surface area contributed by atoms with E-state index in [1.807, 2.05) is 0 Å². The lowest BCUT2D eigenvalue weighted by Crippen LogP contribution is -2.45. The van der Waals surface area contributed by atoms with E-state index in [0.29, 0.717) is 5.92 Å². The number of aromatic hydroxyl groups is 1. The first-order valence-electron chi connectivity index (χ1n) is 6.79. The summed E-state index contributed by atoms with van der Waals surface area (Å²) < 4.78 is 27.2. The fourth-order valence-corrected chi connectivity index (χ4v) is 2.95. The Balaban J connectivity index is 1.95. The number of phenolic OH excluding ortho intramolecular Hbond substituents is 1. The van der Waals surface area contributed by atoms with Gasteiger partial charge in [-0.25, -0.2) is 8.78 Å². The monoisotopic (exact) mass is 268 g/mol. The van der Waals surface area contributed by atoms with E-state index in [1.54, 1.807) is 0 Å². The number of piperazine rings is 1. The summed E-state index contributed by atoms with van der Waals surface area (Å²) >= 11 is 0. The van der Waals surface area contributed by atoms with Crippen molar-refractivity contribution < 1.29 is 13.9 Å². The zero-order valence-electron chi connectivity index (χ0n) is 10.7. The highest BCUT2D eigenvalue weighted by Crippen LogP contribution is 2.47. The Morgan fingerprint density at radius 2 is 1.89 bits per heavy atom. The number of nitrogens with zero attached hydrogens (tertiary/aromatic N) is 1. The van der Waals surface area contributed by atoms with Gasteiger partial charge in [0.05, 0.1) is 0 Å². The number of nitrogens with one attached hydrogen (secondary N) is 1. The molecule has 0 radical (unpaired) electrons. The third-order valence-corrected chi connectivity index (χ3v) is 3.98. The van der Waals surface area contributed by atoms with Gasteiger partial charge in [-0.2, -0.15) is 0 Å². The van der Waals surface area contributed by atoms with E-state index in [9.17, 15) is 13.9 Å². The maximum atomic E-state index is 14.1. The van der Waals surface area contributed by atoms with Gasteiger partial charge < -0.3 is 10.4 Å². The highest BCUT2D eigenvalue weighted by molar-refractivity contribution is 5.38. The lowest BCUT2D eigenvalue weighted by molar-refractivity contribution is 0.150. The van der Waals surface area contributed by atoms with Gasteiger partial charge in [0.1, 0.15) is 17.4 Å². The fraction of sp³-hybridized carbons (Fsp3) is 0.571. The van der Waals surface area contributed by atoms with E-state index in [4.69, 9.17) is 0 Å². The molecule has 1 atom stereocenters. The smallest absolute Gasteiger partial charge is 0.134 e. The van der Waals surface area contributed by atoms with Crippen molar-refractivity contribution in [1.82, 2.24) is 10.2 Å². The molecule has 3 nitrogen and oxygen atoms in total. The van der Waals surface area contributed by atoms with Crippen molar-refractivity contribution in [3.8, 4) is 5.75 Å². The number of benzene rings is 1. The first kappa shape index (κ1) is 12.8. The zero-order chi connectivity index (χ0) is 13.4. The van der Waals surface area contributed by atoms with Gasteiger partial charge in [0.25, 0.3) is 0 Å². The first-order valence-corrected chi connectivity index (χ1v) is 6.79. The van der Waals surface area contributed by atoms with Gasteiger partial charge in [0.15, 0.2) is 0 Å². The van der Waals surface area contributed by atoms with Crippen molar-refractivity contribution in [3.05, 3.63) is 29.3 Å². The SMILES string of the molecule is Oc1cc(F)cc(F)c1[C@H](C1CC1)N1CCNCC1. The lowest BCUT2D eigenvalue weighted by Gasteiger charge is -2.35. The Morgan fingerprint density at radius 1 is 1.21 bits per heavy atom. The largest absolute Gasteiger partial charge is 0.507 e. The Bertz CT molecular complexity index is 448. The maximum Gasteiger partial charge on any atom is 0.134 e. The summed E-state index contributed by atoms with van der Waals surface area (Å²) in [5, 5.41) is 13.2. The zero-order valence-corrected chi connectivity index (χ0v) is 10.7. The molecule has 2 aliphatic rings. The molecule has 19 heavy (non-hydrogen) atoms. The molecule has 3 rings (SSSR count). The van der Waals surface area contributed by atoms with Crippen molar-refractivity contribution in [2.24, 2.45) is 5.92 Å². The van der Waals surface area contributed by atoms with E-state index in [2.05, 4.69) is 10.2 Å². The third kappa shape index (κ3) is 2.58. The number of hydrogen-bond acceptors (Lipinski definition) is 3. The van der Waals surface area contributed by atoms with Crippen LogP contribution in [-0.2, 0) is 0 Å². The molecular weight excluding hydrogens is 250 g/mol. The summed E-state index contributed by atoms with van der Waals surface area (Å²) in [6.45, 7) is 3.40. The minimum atomic E-state index is -0.728. The molecule has 1 aliphatic heterocycles. The average Bonchev–Trinajstić information content (AvgIpc) is 3.18. The molecule has 2 fully saturated rings. The summed E-state index contributed by atoms with van der Waals surface area (Å²) in [6.07, 6.45) is 2.09. The molecule has 1 aromatic rings. The molecule has 0 amide bonds. The van der Waals surface area contributed by atoms with Gasteiger partial charge in [-0.05, 0) is 18.8 Å². The standard InChI is InChI=1S/C14H18F2N2O/c15-10-7-11(16)13(12(19)8-10)14(9-1-2-9)18-5-3-17-4-6-18/h7-9,14,17,19H,1-6H2/t14-/m0/s1. The van der Waals surface area contributed by atoms with Crippen LogP contribution in [0.25, 0.3) is 0 Å². The molecule has 0 aromatic heterocycles. The molecule has 5 heteroatoms. The summed E-state index contributed by atoms with van der Waals surface area (Å²) in [5.74, 6) is -1.24. The van der Waals surface area contributed by atoms with Crippen molar-refractivity contribution in [3.63, 3.8) is 0 Å². The van der Waals surface area contributed by atoms with Gasteiger partial charge in [-0.3, -0.25) is 4.90 Å². The molecule has 1 heterocycles. The molecule has 0 bridgehead atoms. The topological polar surface area (TPSA) is 35.5 Å². The van der Waals surface area contributed by atoms with Gasteiger partial charge in [-0.1, -0.05) is 0 Å². The second-order valence-corrected chi connectivity index (χ2v) is 5.39. The number of halogens is 2. The molecule has 2 N–H and O–H groups in total. The van der Waals surface area contributed by atoms with Crippen LogP contribution in [0.1, 0.15) is 24.4 Å². The summed E-state index contributed by atoms with van der Waals surface area (Å²) in [4.78, 5) is 2.20. The Hall–Kier alpha value is -1.20. The normalized spacial score (nSPS) is 22.4. The molecule has 104 valence electrons. The van der Waals surface area contributed by atoms with Crippen LogP contribution < -0.4 is 5.32 Å². The minimum absolute atomic E-state index is 0.123. The second-order valence-electron chi connectivity index (χ2n) is 5.39.